The second-order valence-corrected chi connectivity index (χ2v) is 6.27. The summed E-state index contributed by atoms with van der Waals surface area (Å²) in [5.74, 6) is -2.41. The van der Waals surface area contributed by atoms with E-state index in [1.807, 2.05) is 6.07 Å². The molecule has 0 saturated heterocycles. The van der Waals surface area contributed by atoms with Crippen LogP contribution in [0, 0.1) is 17.5 Å². The smallest absolute Gasteiger partial charge is 0.220 e. The number of carbonyl (C=O) groups excluding carboxylic acids is 1. The highest BCUT2D eigenvalue weighted by Crippen LogP contribution is 2.31. The Hall–Kier alpha value is -3.53. The minimum atomic E-state index is -1.32. The molecule has 3 aromatic rings. The first kappa shape index (κ1) is 18.8. The maximum absolute atomic E-state index is 13.8. The fraction of sp³-hybridized carbons (Fsp3) is 0.158. The van der Waals surface area contributed by atoms with Gasteiger partial charge >= 0.3 is 0 Å². The van der Waals surface area contributed by atoms with E-state index in [-0.39, 0.29) is 35.9 Å². The number of amides is 1. The number of benzene rings is 2. The summed E-state index contributed by atoms with van der Waals surface area (Å²) < 4.78 is 45.5. The van der Waals surface area contributed by atoms with E-state index in [2.05, 4.69) is 16.1 Å². The van der Waals surface area contributed by atoms with Gasteiger partial charge in [-0.2, -0.15) is 0 Å². The average molecular weight is 405 g/mol. The van der Waals surface area contributed by atoms with Crippen molar-refractivity contribution in [3.8, 4) is 22.8 Å². The molecule has 2 aromatic carbocycles. The van der Waals surface area contributed by atoms with Crippen LogP contribution in [0.4, 0.5) is 13.2 Å². The summed E-state index contributed by atoms with van der Waals surface area (Å²) in [4.78, 5) is 22.1. The van der Waals surface area contributed by atoms with Crippen LogP contribution in [0.15, 0.2) is 40.9 Å². The lowest BCUT2D eigenvalue weighted by atomic mass is 10.1. The van der Waals surface area contributed by atoms with Crippen molar-refractivity contribution in [1.29, 1.82) is 0 Å². The topological polar surface area (TPSA) is 85.6 Å². The number of hydrogen-bond donors (Lipinski definition) is 2. The minimum Gasteiger partial charge on any atom is -0.370 e. The minimum absolute atomic E-state index is 0.00366. The van der Waals surface area contributed by atoms with Gasteiger partial charge in [0.15, 0.2) is 28.9 Å². The van der Waals surface area contributed by atoms with Gasteiger partial charge in [0.1, 0.15) is 11.5 Å². The molecule has 0 bridgehead atoms. The van der Waals surface area contributed by atoms with E-state index in [0.717, 1.165) is 11.6 Å². The molecule has 29 heavy (non-hydrogen) atoms. The Labute approximate surface area is 162 Å². The number of halogens is 3. The van der Waals surface area contributed by atoms with Crippen molar-refractivity contribution in [3.63, 3.8) is 0 Å². The van der Waals surface area contributed by atoms with E-state index in [1.54, 1.807) is 12.1 Å². The molecule has 150 valence electrons. The van der Waals surface area contributed by atoms with Crippen molar-refractivity contribution in [2.75, 3.05) is 0 Å². The number of rotatable bonds is 6. The van der Waals surface area contributed by atoms with Gasteiger partial charge in [0.2, 0.25) is 5.91 Å². The number of nitrogens with one attached hydrogen (secondary N) is 2. The molecule has 0 atom stereocenters. The molecule has 0 fully saturated rings. The Bertz CT molecular complexity index is 1070. The quantitative estimate of drug-likeness (QED) is 0.613. The van der Waals surface area contributed by atoms with Gasteiger partial charge in [0.25, 0.3) is 0 Å². The molecule has 0 saturated carbocycles. The van der Waals surface area contributed by atoms with Gasteiger partial charge < -0.3 is 19.5 Å². The van der Waals surface area contributed by atoms with Crippen LogP contribution in [0.25, 0.3) is 11.3 Å². The number of carbonyl (C=O) groups is 1. The van der Waals surface area contributed by atoms with Crippen LogP contribution in [-0.2, 0) is 17.8 Å². The van der Waals surface area contributed by atoms with Gasteiger partial charge in [-0.3, -0.25) is 4.79 Å². The van der Waals surface area contributed by atoms with Gasteiger partial charge in [-0.25, -0.2) is 13.2 Å². The second-order valence-electron chi connectivity index (χ2n) is 6.27. The summed E-state index contributed by atoms with van der Waals surface area (Å²) in [5.41, 5.74) is 2.74. The number of nitrogens with zero attached hydrogens (tertiary/aromatic N) is 1. The number of aromatic nitrogens is 1. The van der Waals surface area contributed by atoms with Crippen LogP contribution in [0.2, 0.25) is 0 Å². The van der Waals surface area contributed by atoms with Crippen LogP contribution < -0.4 is 20.6 Å². The van der Waals surface area contributed by atoms with Gasteiger partial charge in [-0.1, -0.05) is 11.2 Å². The third-order valence-electron chi connectivity index (χ3n) is 4.24. The van der Waals surface area contributed by atoms with Crippen molar-refractivity contribution in [2.45, 2.75) is 19.4 Å². The van der Waals surface area contributed by atoms with Crippen LogP contribution in [-0.4, -0.2) is 11.1 Å². The van der Waals surface area contributed by atoms with Gasteiger partial charge in [0.05, 0.1) is 6.54 Å². The molecule has 0 aliphatic carbocycles. The van der Waals surface area contributed by atoms with Gasteiger partial charge in [-0.15, -0.1) is 0 Å². The van der Waals surface area contributed by atoms with E-state index in [0.29, 0.717) is 24.0 Å². The van der Waals surface area contributed by atoms with Crippen LogP contribution in [0.1, 0.15) is 17.7 Å². The molecule has 0 spiro atoms. The third-order valence-corrected chi connectivity index (χ3v) is 4.24. The van der Waals surface area contributed by atoms with Gasteiger partial charge in [-0.05, 0) is 30.2 Å². The highest BCUT2D eigenvalue weighted by atomic mass is 19.2. The summed E-state index contributed by atoms with van der Waals surface area (Å²) >= 11 is 0. The van der Waals surface area contributed by atoms with Crippen LogP contribution in [0.3, 0.4) is 0 Å². The van der Waals surface area contributed by atoms with Crippen molar-refractivity contribution in [2.24, 2.45) is 0 Å². The standard InChI is InChI=1S/C19H14F3N3O4/c20-11-6-13(19(22)14(21)7-11)15-8-12(27-24-15)9-23-18(26)4-2-10-1-3-16-17(5-10)29-25-28-16/h1,3,5-8,25H,2,4,9H2,(H,23,26). The van der Waals surface area contributed by atoms with Gasteiger partial charge in [0, 0.05) is 29.8 Å². The second kappa shape index (κ2) is 7.84. The zero-order valence-corrected chi connectivity index (χ0v) is 14.8. The molecule has 2 N–H and O–H groups in total. The average Bonchev–Trinajstić information content (AvgIpc) is 3.36. The summed E-state index contributed by atoms with van der Waals surface area (Å²) in [5, 5.41) is 6.24. The van der Waals surface area contributed by atoms with Crippen LogP contribution >= 0.6 is 0 Å². The Kier molecular flexibility index (Phi) is 5.09. The molecule has 1 aromatic heterocycles. The van der Waals surface area contributed by atoms with Crippen molar-refractivity contribution < 1.29 is 32.2 Å². The maximum Gasteiger partial charge on any atom is 0.220 e. The molecular formula is C19H14F3N3O4. The molecule has 1 amide bonds. The lowest BCUT2D eigenvalue weighted by Gasteiger charge is -2.04. The molecule has 0 radical (unpaired) electrons. The zero-order valence-electron chi connectivity index (χ0n) is 14.8. The molecule has 7 nitrogen and oxygen atoms in total. The highest BCUT2D eigenvalue weighted by molar-refractivity contribution is 5.76. The van der Waals surface area contributed by atoms with Crippen molar-refractivity contribution >= 4 is 5.91 Å². The highest BCUT2D eigenvalue weighted by Gasteiger charge is 2.17. The first-order chi connectivity index (χ1) is 14.0. The Morgan fingerprint density at radius 3 is 2.76 bits per heavy atom. The summed E-state index contributed by atoms with van der Waals surface area (Å²) in [6, 6.07) is 7.88. The molecule has 1 aliphatic rings. The van der Waals surface area contributed by atoms with Crippen molar-refractivity contribution in [3.05, 3.63) is 65.2 Å². The predicted octanol–water partition coefficient (Wildman–Crippen LogP) is 3.20. The van der Waals surface area contributed by atoms with Crippen molar-refractivity contribution in [1.82, 2.24) is 16.1 Å². The normalized spacial score (nSPS) is 12.2. The Morgan fingerprint density at radius 1 is 1.07 bits per heavy atom. The molecule has 10 heteroatoms. The van der Waals surface area contributed by atoms with E-state index >= 15 is 0 Å². The summed E-state index contributed by atoms with van der Waals surface area (Å²) in [7, 11) is 0. The fourth-order valence-electron chi connectivity index (χ4n) is 2.78. The summed E-state index contributed by atoms with van der Waals surface area (Å²) in [6.07, 6.45) is 0.676. The largest absolute Gasteiger partial charge is 0.370 e. The van der Waals surface area contributed by atoms with E-state index in [9.17, 15) is 18.0 Å². The van der Waals surface area contributed by atoms with E-state index in [1.165, 1.54) is 6.07 Å². The third kappa shape index (κ3) is 4.16. The number of hydrogen-bond acceptors (Lipinski definition) is 6. The zero-order chi connectivity index (χ0) is 20.4. The van der Waals surface area contributed by atoms with E-state index in [4.69, 9.17) is 14.2 Å². The maximum atomic E-state index is 13.8. The molecule has 0 unspecified atom stereocenters. The molecular weight excluding hydrogens is 391 g/mol. The molecule has 2 heterocycles. The summed E-state index contributed by atoms with van der Waals surface area (Å²) in [6.45, 7) is -0.00366. The number of aryl methyl sites for hydroxylation is 1. The molecule has 1 aliphatic heterocycles. The van der Waals surface area contributed by atoms with E-state index < -0.39 is 17.5 Å². The fourth-order valence-corrected chi connectivity index (χ4v) is 2.78. The first-order valence-electron chi connectivity index (χ1n) is 8.58. The predicted molar refractivity (Wildman–Crippen MR) is 92.8 cm³/mol. The monoisotopic (exact) mass is 405 g/mol. The lowest BCUT2D eigenvalue weighted by molar-refractivity contribution is -0.121. The lowest BCUT2D eigenvalue weighted by Crippen LogP contribution is -2.22. The first-order valence-corrected chi connectivity index (χ1v) is 8.58. The Balaban J connectivity index is 1.32. The Morgan fingerprint density at radius 2 is 1.90 bits per heavy atom. The SMILES string of the molecule is O=C(CCc1ccc2c(c1)ONO2)NCc1cc(-c2cc(F)cc(F)c2F)no1. The number of fused-ring (bicyclic) bond motifs is 1. The molecule has 4 rings (SSSR count). The van der Waals surface area contributed by atoms with Crippen LogP contribution in [0.5, 0.6) is 11.5 Å².